The molecule has 5 rings (SSSR count). The molecule has 6 heteroatoms. The van der Waals surface area contributed by atoms with Gasteiger partial charge in [-0.1, -0.05) is 36.4 Å². The van der Waals surface area contributed by atoms with Gasteiger partial charge < -0.3 is 14.1 Å². The van der Waals surface area contributed by atoms with E-state index in [0.29, 0.717) is 23.2 Å². The Bertz CT molecular complexity index is 1150. The number of amides is 2. The smallest absolute Gasteiger partial charge is 0.289 e. The topological polar surface area (TPSA) is 63.0 Å². The maximum Gasteiger partial charge on any atom is 0.289 e. The minimum absolute atomic E-state index is 0.000479. The molecule has 0 atom stereocenters. The highest BCUT2D eigenvalue weighted by Gasteiger charge is 2.28. The number of aryl methyl sites for hydroxylation is 1. The van der Waals surface area contributed by atoms with Crippen LogP contribution >= 0.6 is 0 Å². The van der Waals surface area contributed by atoms with Crippen LogP contribution in [0.5, 0.6) is 5.75 Å². The van der Waals surface area contributed by atoms with Gasteiger partial charge in [0.05, 0.1) is 12.2 Å². The van der Waals surface area contributed by atoms with Crippen molar-refractivity contribution in [1.82, 2.24) is 4.90 Å². The molecule has 33 heavy (non-hydrogen) atoms. The fourth-order valence-corrected chi connectivity index (χ4v) is 4.66. The molecule has 0 unspecified atom stereocenters. The number of carbonyl (C=O) groups is 2. The van der Waals surface area contributed by atoms with E-state index in [0.717, 1.165) is 43.6 Å². The average molecular weight is 445 g/mol. The van der Waals surface area contributed by atoms with Gasteiger partial charge in [-0.2, -0.15) is 0 Å². The number of ether oxygens (including phenoxy) is 1. The molecule has 2 aromatic carbocycles. The van der Waals surface area contributed by atoms with Gasteiger partial charge in [0.2, 0.25) is 0 Å². The minimum Gasteiger partial charge on any atom is -0.482 e. The van der Waals surface area contributed by atoms with Gasteiger partial charge >= 0.3 is 0 Å². The second-order valence-electron chi connectivity index (χ2n) is 8.93. The van der Waals surface area contributed by atoms with Gasteiger partial charge in [-0.3, -0.25) is 14.5 Å². The average Bonchev–Trinajstić information content (AvgIpc) is 3.30. The molecule has 0 saturated carbocycles. The number of anilines is 1. The van der Waals surface area contributed by atoms with E-state index in [1.54, 1.807) is 17.0 Å². The first-order valence-corrected chi connectivity index (χ1v) is 11.5. The summed E-state index contributed by atoms with van der Waals surface area (Å²) in [4.78, 5) is 29.1. The number of nitrogens with zero attached hydrogens (tertiary/aromatic N) is 2. The van der Waals surface area contributed by atoms with Crippen LogP contribution in [-0.2, 0) is 17.8 Å². The molecule has 6 nitrogen and oxygen atoms in total. The third-order valence-electron chi connectivity index (χ3n) is 6.51. The Labute approximate surface area is 193 Å². The zero-order chi connectivity index (χ0) is 22.8. The lowest BCUT2D eigenvalue weighted by Crippen LogP contribution is -2.39. The SMILES string of the molecule is Cc1ccc2c(c1)N(Cc1ccc(C(=O)N3CCC(Cc4ccccc4)CC3)o1)C(=O)CO2. The van der Waals surface area contributed by atoms with Gasteiger partial charge in [0, 0.05) is 13.1 Å². The predicted octanol–water partition coefficient (Wildman–Crippen LogP) is 4.61. The van der Waals surface area contributed by atoms with Gasteiger partial charge in [-0.15, -0.1) is 0 Å². The molecular formula is C27H28N2O4. The molecule has 3 aromatic rings. The van der Waals surface area contributed by atoms with Crippen molar-refractivity contribution in [3.63, 3.8) is 0 Å². The van der Waals surface area contributed by atoms with Crippen molar-refractivity contribution in [2.24, 2.45) is 5.92 Å². The molecule has 0 radical (unpaired) electrons. The van der Waals surface area contributed by atoms with Gasteiger partial charge in [0.15, 0.2) is 12.4 Å². The molecule has 2 aliphatic heterocycles. The van der Waals surface area contributed by atoms with Gasteiger partial charge in [0.25, 0.3) is 11.8 Å². The molecule has 0 bridgehead atoms. The quantitative estimate of drug-likeness (QED) is 0.577. The second kappa shape index (κ2) is 9.14. The van der Waals surface area contributed by atoms with Crippen LogP contribution < -0.4 is 9.64 Å². The fourth-order valence-electron chi connectivity index (χ4n) is 4.66. The molecule has 170 valence electrons. The van der Waals surface area contributed by atoms with Crippen LogP contribution in [0, 0.1) is 12.8 Å². The Balaban J connectivity index is 1.21. The molecule has 0 N–H and O–H groups in total. The van der Waals surface area contributed by atoms with Crippen molar-refractivity contribution in [3.8, 4) is 5.75 Å². The number of piperidine rings is 1. The zero-order valence-electron chi connectivity index (χ0n) is 18.8. The molecule has 1 fully saturated rings. The van der Waals surface area contributed by atoms with E-state index in [9.17, 15) is 9.59 Å². The number of hydrogen-bond acceptors (Lipinski definition) is 4. The summed E-state index contributed by atoms with van der Waals surface area (Å²) in [5.41, 5.74) is 3.13. The lowest BCUT2D eigenvalue weighted by atomic mass is 9.90. The number of carbonyl (C=O) groups excluding carboxylic acids is 2. The van der Waals surface area contributed by atoms with Crippen LogP contribution in [0.15, 0.2) is 65.1 Å². The van der Waals surface area contributed by atoms with E-state index >= 15 is 0 Å². The van der Waals surface area contributed by atoms with Crippen LogP contribution in [-0.4, -0.2) is 36.4 Å². The van der Waals surface area contributed by atoms with Crippen LogP contribution in [0.2, 0.25) is 0 Å². The summed E-state index contributed by atoms with van der Waals surface area (Å²) >= 11 is 0. The molecule has 0 aliphatic carbocycles. The van der Waals surface area contributed by atoms with Crippen LogP contribution in [0.25, 0.3) is 0 Å². The molecule has 1 aromatic heterocycles. The molecular weight excluding hydrogens is 416 g/mol. The summed E-state index contributed by atoms with van der Waals surface area (Å²) in [6.07, 6.45) is 3.04. The van der Waals surface area contributed by atoms with Crippen molar-refractivity contribution < 1.29 is 18.7 Å². The van der Waals surface area contributed by atoms with Crippen LogP contribution in [0.4, 0.5) is 5.69 Å². The van der Waals surface area contributed by atoms with Crippen molar-refractivity contribution in [2.75, 3.05) is 24.6 Å². The fraction of sp³-hybridized carbons (Fsp3) is 0.333. The summed E-state index contributed by atoms with van der Waals surface area (Å²) in [7, 11) is 0. The van der Waals surface area contributed by atoms with Crippen molar-refractivity contribution in [3.05, 3.63) is 83.3 Å². The first-order valence-electron chi connectivity index (χ1n) is 11.5. The Hall–Kier alpha value is -3.54. The van der Waals surface area contributed by atoms with E-state index in [4.69, 9.17) is 9.15 Å². The summed E-state index contributed by atoms with van der Waals surface area (Å²) < 4.78 is 11.4. The van der Waals surface area contributed by atoms with Crippen LogP contribution in [0.3, 0.4) is 0 Å². The summed E-state index contributed by atoms with van der Waals surface area (Å²) in [5, 5.41) is 0. The maximum atomic E-state index is 13.0. The Kier molecular flexibility index (Phi) is 5.90. The number of hydrogen-bond donors (Lipinski definition) is 0. The second-order valence-corrected chi connectivity index (χ2v) is 8.93. The molecule has 1 saturated heterocycles. The highest BCUT2D eigenvalue weighted by atomic mass is 16.5. The third-order valence-corrected chi connectivity index (χ3v) is 6.51. The van der Waals surface area contributed by atoms with Gasteiger partial charge in [-0.25, -0.2) is 0 Å². The number of furan rings is 1. The standard InChI is InChI=1S/C27H28N2O4/c1-19-7-9-24-23(15-19)29(26(30)18-32-24)17-22-8-10-25(33-22)27(31)28-13-11-21(12-14-28)16-20-5-3-2-4-6-20/h2-10,15,21H,11-14,16-18H2,1H3. The minimum atomic E-state index is -0.127. The lowest BCUT2D eigenvalue weighted by molar-refractivity contribution is -0.121. The zero-order valence-corrected chi connectivity index (χ0v) is 18.8. The normalized spacial score (nSPS) is 16.5. The van der Waals surface area contributed by atoms with Crippen molar-refractivity contribution in [2.45, 2.75) is 32.7 Å². The summed E-state index contributed by atoms with van der Waals surface area (Å²) in [6.45, 7) is 3.72. The monoisotopic (exact) mass is 444 g/mol. The van der Waals surface area contributed by atoms with E-state index < -0.39 is 0 Å². The van der Waals surface area contributed by atoms with Crippen LogP contribution in [0.1, 0.15) is 40.3 Å². The van der Waals surface area contributed by atoms with Gasteiger partial charge in [0.1, 0.15) is 11.5 Å². The first-order chi connectivity index (χ1) is 16.1. The molecule has 2 aliphatic rings. The highest BCUT2D eigenvalue weighted by Crippen LogP contribution is 2.34. The molecule has 2 amide bonds. The summed E-state index contributed by atoms with van der Waals surface area (Å²) in [5.74, 6) is 1.99. The van der Waals surface area contributed by atoms with E-state index in [2.05, 4.69) is 24.3 Å². The Morgan fingerprint density at radius 1 is 1.03 bits per heavy atom. The molecule has 0 spiro atoms. The third kappa shape index (κ3) is 4.65. The van der Waals surface area contributed by atoms with E-state index in [-0.39, 0.29) is 25.0 Å². The Morgan fingerprint density at radius 2 is 1.82 bits per heavy atom. The maximum absolute atomic E-state index is 13.0. The summed E-state index contributed by atoms with van der Waals surface area (Å²) in [6, 6.07) is 19.8. The highest BCUT2D eigenvalue weighted by molar-refractivity contribution is 5.98. The number of likely N-dealkylation sites (tertiary alicyclic amines) is 1. The first kappa shape index (κ1) is 21.3. The van der Waals surface area contributed by atoms with Gasteiger partial charge in [-0.05, 0) is 67.5 Å². The van der Waals surface area contributed by atoms with Crippen molar-refractivity contribution >= 4 is 17.5 Å². The lowest BCUT2D eigenvalue weighted by Gasteiger charge is -2.31. The number of benzene rings is 2. The number of rotatable bonds is 5. The van der Waals surface area contributed by atoms with Crippen molar-refractivity contribution in [1.29, 1.82) is 0 Å². The largest absolute Gasteiger partial charge is 0.482 e. The Morgan fingerprint density at radius 3 is 2.61 bits per heavy atom. The predicted molar refractivity (Wildman–Crippen MR) is 125 cm³/mol. The number of fused-ring (bicyclic) bond motifs is 1. The molecule has 3 heterocycles. The van der Waals surface area contributed by atoms with E-state index in [1.807, 2.05) is 36.1 Å². The van der Waals surface area contributed by atoms with E-state index in [1.165, 1.54) is 5.56 Å².